The van der Waals surface area contributed by atoms with Crippen molar-refractivity contribution in [2.45, 2.75) is 13.5 Å². The lowest BCUT2D eigenvalue weighted by molar-refractivity contribution is 0.104. The number of halogens is 3. The average molecular weight is 373 g/mol. The second-order valence-corrected chi connectivity index (χ2v) is 6.11. The molecular formula is C20H15ClF2N2O. The summed E-state index contributed by atoms with van der Waals surface area (Å²) in [5.41, 5.74) is 2.05. The van der Waals surface area contributed by atoms with Gasteiger partial charge in [-0.2, -0.15) is 5.10 Å². The summed E-state index contributed by atoms with van der Waals surface area (Å²) in [5.74, 6) is -1.34. The fourth-order valence-corrected chi connectivity index (χ4v) is 2.83. The number of nitrogens with zero attached hydrogens (tertiary/aromatic N) is 2. The number of benzene rings is 2. The quantitative estimate of drug-likeness (QED) is 0.463. The molecule has 3 nitrogen and oxygen atoms in total. The van der Waals surface area contributed by atoms with Crippen molar-refractivity contribution in [1.82, 2.24) is 9.78 Å². The third-order valence-corrected chi connectivity index (χ3v) is 4.29. The number of aryl methyl sites for hydroxylation is 1. The molecule has 0 saturated heterocycles. The number of carbonyl (C=O) groups is 1. The maximum Gasteiger partial charge on any atom is 0.188 e. The summed E-state index contributed by atoms with van der Waals surface area (Å²) in [6.45, 7) is 2.13. The monoisotopic (exact) mass is 372 g/mol. The molecule has 1 heterocycles. The van der Waals surface area contributed by atoms with Gasteiger partial charge in [-0.15, -0.1) is 0 Å². The predicted molar refractivity (Wildman–Crippen MR) is 97.2 cm³/mol. The summed E-state index contributed by atoms with van der Waals surface area (Å²) in [4.78, 5) is 12.2. The number of hydrogen-bond donors (Lipinski definition) is 0. The van der Waals surface area contributed by atoms with Crippen molar-refractivity contribution in [3.63, 3.8) is 0 Å². The van der Waals surface area contributed by atoms with E-state index in [0.29, 0.717) is 23.0 Å². The first-order valence-corrected chi connectivity index (χ1v) is 8.28. The van der Waals surface area contributed by atoms with Crippen LogP contribution in [-0.2, 0) is 6.54 Å². The minimum absolute atomic E-state index is 0.00349. The van der Waals surface area contributed by atoms with Crippen LogP contribution in [0.1, 0.15) is 27.2 Å². The Morgan fingerprint density at radius 1 is 1.15 bits per heavy atom. The summed E-state index contributed by atoms with van der Waals surface area (Å²) in [5, 5.41) is 4.70. The lowest BCUT2D eigenvalue weighted by Gasteiger charge is -2.03. The van der Waals surface area contributed by atoms with Crippen LogP contribution in [0.4, 0.5) is 8.78 Å². The Balaban J connectivity index is 1.83. The van der Waals surface area contributed by atoms with Crippen molar-refractivity contribution in [2.75, 3.05) is 0 Å². The largest absolute Gasteiger partial charge is 0.289 e. The summed E-state index contributed by atoms with van der Waals surface area (Å²) in [6, 6.07) is 11.8. The molecule has 0 radical (unpaired) electrons. The molecule has 0 saturated carbocycles. The molecule has 1 aromatic heterocycles. The summed E-state index contributed by atoms with van der Waals surface area (Å²) in [7, 11) is 0. The van der Waals surface area contributed by atoms with Crippen molar-refractivity contribution in [3.05, 3.63) is 93.8 Å². The normalized spacial score (nSPS) is 11.2. The first-order chi connectivity index (χ1) is 12.5. The minimum Gasteiger partial charge on any atom is -0.289 e. The Labute approximate surface area is 154 Å². The SMILES string of the molecule is Cc1nn(Cc2ccc(F)cc2)c(Cl)c1/C=C/C(=O)c1ccccc1F. The first-order valence-electron chi connectivity index (χ1n) is 7.90. The van der Waals surface area contributed by atoms with E-state index in [1.54, 1.807) is 29.8 Å². The van der Waals surface area contributed by atoms with Crippen LogP contribution in [0.3, 0.4) is 0 Å². The molecule has 3 aromatic rings. The number of hydrogen-bond acceptors (Lipinski definition) is 2. The second-order valence-electron chi connectivity index (χ2n) is 5.75. The van der Waals surface area contributed by atoms with Gasteiger partial charge in [0.1, 0.15) is 16.8 Å². The van der Waals surface area contributed by atoms with E-state index >= 15 is 0 Å². The molecule has 0 atom stereocenters. The number of ketones is 1. The Bertz CT molecular complexity index is 978. The van der Waals surface area contributed by atoms with E-state index < -0.39 is 11.6 Å². The number of allylic oxidation sites excluding steroid dienone is 1. The molecule has 0 spiro atoms. The van der Waals surface area contributed by atoms with E-state index in [-0.39, 0.29) is 11.4 Å². The van der Waals surface area contributed by atoms with E-state index in [1.807, 2.05) is 0 Å². The molecule has 0 aliphatic rings. The first kappa shape index (κ1) is 18.0. The minimum atomic E-state index is -0.572. The molecule has 0 amide bonds. The molecule has 0 bridgehead atoms. The maximum absolute atomic E-state index is 13.7. The van der Waals surface area contributed by atoms with Gasteiger partial charge in [0.2, 0.25) is 0 Å². The molecule has 132 valence electrons. The van der Waals surface area contributed by atoms with Crippen LogP contribution in [0.5, 0.6) is 0 Å². The zero-order valence-corrected chi connectivity index (χ0v) is 14.7. The van der Waals surface area contributed by atoms with Gasteiger partial charge < -0.3 is 0 Å². The summed E-state index contributed by atoms with van der Waals surface area (Å²) < 4.78 is 28.2. The highest BCUT2D eigenvalue weighted by Gasteiger charge is 2.13. The van der Waals surface area contributed by atoms with Gasteiger partial charge in [-0.1, -0.05) is 35.9 Å². The Hall–Kier alpha value is -2.79. The predicted octanol–water partition coefficient (Wildman–Crippen LogP) is 5.07. The van der Waals surface area contributed by atoms with Crippen LogP contribution in [0, 0.1) is 18.6 Å². The van der Waals surface area contributed by atoms with Gasteiger partial charge in [-0.3, -0.25) is 4.79 Å². The smallest absolute Gasteiger partial charge is 0.188 e. The van der Waals surface area contributed by atoms with E-state index in [4.69, 9.17) is 11.6 Å². The Kier molecular flexibility index (Phi) is 5.28. The summed E-state index contributed by atoms with van der Waals surface area (Å²) >= 11 is 6.36. The molecule has 0 aliphatic heterocycles. The zero-order valence-electron chi connectivity index (χ0n) is 13.9. The maximum atomic E-state index is 13.7. The van der Waals surface area contributed by atoms with Crippen molar-refractivity contribution in [3.8, 4) is 0 Å². The van der Waals surface area contributed by atoms with Gasteiger partial charge in [-0.25, -0.2) is 13.5 Å². The zero-order chi connectivity index (χ0) is 18.7. The van der Waals surface area contributed by atoms with E-state index in [2.05, 4.69) is 5.10 Å². The van der Waals surface area contributed by atoms with Crippen molar-refractivity contribution < 1.29 is 13.6 Å². The van der Waals surface area contributed by atoms with Crippen LogP contribution in [-0.4, -0.2) is 15.6 Å². The van der Waals surface area contributed by atoms with Gasteiger partial charge in [0.25, 0.3) is 0 Å². The second kappa shape index (κ2) is 7.62. The molecule has 0 N–H and O–H groups in total. The fourth-order valence-electron chi connectivity index (χ4n) is 2.53. The van der Waals surface area contributed by atoms with Crippen LogP contribution in [0.25, 0.3) is 6.08 Å². The van der Waals surface area contributed by atoms with Crippen molar-refractivity contribution in [1.29, 1.82) is 0 Å². The Morgan fingerprint density at radius 2 is 1.85 bits per heavy atom. The molecule has 26 heavy (non-hydrogen) atoms. The van der Waals surface area contributed by atoms with Crippen molar-refractivity contribution in [2.24, 2.45) is 0 Å². The van der Waals surface area contributed by atoms with Crippen LogP contribution < -0.4 is 0 Å². The highest BCUT2D eigenvalue weighted by Crippen LogP contribution is 2.23. The van der Waals surface area contributed by atoms with E-state index in [1.165, 1.54) is 42.5 Å². The highest BCUT2D eigenvalue weighted by molar-refractivity contribution is 6.31. The van der Waals surface area contributed by atoms with E-state index in [0.717, 1.165) is 5.56 Å². The van der Waals surface area contributed by atoms with Crippen molar-refractivity contribution >= 4 is 23.5 Å². The van der Waals surface area contributed by atoms with Crippen LogP contribution >= 0.6 is 11.6 Å². The molecule has 3 rings (SSSR count). The molecule has 0 aliphatic carbocycles. The van der Waals surface area contributed by atoms with Gasteiger partial charge in [-0.05, 0) is 48.9 Å². The van der Waals surface area contributed by atoms with Gasteiger partial charge in [0.05, 0.1) is 17.8 Å². The molecule has 0 fully saturated rings. The van der Waals surface area contributed by atoms with Crippen LogP contribution in [0.2, 0.25) is 5.15 Å². The van der Waals surface area contributed by atoms with Gasteiger partial charge >= 0.3 is 0 Å². The standard InChI is InChI=1S/C20H15ClF2N2O/c1-13-16(10-11-19(26)17-4-2-3-5-18(17)23)20(21)25(24-13)12-14-6-8-15(22)9-7-14/h2-11H,12H2,1H3/b11-10+. The Morgan fingerprint density at radius 3 is 2.54 bits per heavy atom. The topological polar surface area (TPSA) is 34.9 Å². The highest BCUT2D eigenvalue weighted by atomic mass is 35.5. The number of aromatic nitrogens is 2. The fraction of sp³-hybridized carbons (Fsp3) is 0.100. The molecule has 2 aromatic carbocycles. The third-order valence-electron chi connectivity index (χ3n) is 3.90. The third kappa shape index (κ3) is 3.89. The molecule has 6 heteroatoms. The number of carbonyl (C=O) groups excluding carboxylic acids is 1. The number of rotatable bonds is 5. The summed E-state index contributed by atoms with van der Waals surface area (Å²) in [6.07, 6.45) is 2.80. The lowest BCUT2D eigenvalue weighted by Crippen LogP contribution is -2.02. The molecular weight excluding hydrogens is 358 g/mol. The lowest BCUT2D eigenvalue weighted by atomic mass is 10.1. The van der Waals surface area contributed by atoms with Gasteiger partial charge in [0, 0.05) is 5.56 Å². The molecule has 0 unspecified atom stereocenters. The van der Waals surface area contributed by atoms with Crippen LogP contribution in [0.15, 0.2) is 54.6 Å². The average Bonchev–Trinajstić information content (AvgIpc) is 2.88. The van der Waals surface area contributed by atoms with E-state index in [9.17, 15) is 13.6 Å². The van der Waals surface area contributed by atoms with Gasteiger partial charge in [0.15, 0.2) is 5.78 Å².